The number of urea groups is 1. The maximum atomic E-state index is 13.1. The summed E-state index contributed by atoms with van der Waals surface area (Å²) in [5.41, 5.74) is 4.94. The van der Waals surface area contributed by atoms with Crippen LogP contribution >= 0.6 is 11.3 Å². The number of likely N-dealkylation sites (N-methyl/N-ethyl adjacent to an activating group) is 1. The lowest BCUT2D eigenvalue weighted by molar-refractivity contribution is -0.0367. The first kappa shape index (κ1) is 22.5. The summed E-state index contributed by atoms with van der Waals surface area (Å²) < 4.78 is 5.88. The minimum atomic E-state index is -0.175. The predicted octanol–water partition coefficient (Wildman–Crippen LogP) is 3.91. The fourth-order valence-electron chi connectivity index (χ4n) is 4.66. The van der Waals surface area contributed by atoms with Gasteiger partial charge >= 0.3 is 6.03 Å². The molecule has 0 saturated carbocycles. The van der Waals surface area contributed by atoms with Crippen molar-refractivity contribution in [3.05, 3.63) is 53.3 Å². The number of morpholine rings is 1. The summed E-state index contributed by atoms with van der Waals surface area (Å²) in [5, 5.41) is 12.9. The van der Waals surface area contributed by atoms with Crippen LogP contribution in [-0.2, 0) is 4.74 Å². The van der Waals surface area contributed by atoms with E-state index in [0.717, 1.165) is 39.6 Å². The van der Waals surface area contributed by atoms with Crippen molar-refractivity contribution in [2.75, 3.05) is 38.6 Å². The van der Waals surface area contributed by atoms with Crippen molar-refractivity contribution in [2.45, 2.75) is 26.0 Å². The van der Waals surface area contributed by atoms with E-state index in [1.54, 1.807) is 11.0 Å². The van der Waals surface area contributed by atoms with Gasteiger partial charge in [-0.2, -0.15) is 5.26 Å². The molecule has 2 unspecified atom stereocenters. The summed E-state index contributed by atoms with van der Waals surface area (Å²) in [5.74, 6) is 0. The number of carbonyl (C=O) groups is 1. The number of amides is 2. The summed E-state index contributed by atoms with van der Waals surface area (Å²) in [6.07, 6.45) is 0.0448. The second-order valence-corrected chi connectivity index (χ2v) is 9.82. The summed E-state index contributed by atoms with van der Waals surface area (Å²) >= 11 is 1.43. The first-order chi connectivity index (χ1) is 16.4. The molecular formula is C25H26N6O2S. The molecule has 0 spiro atoms. The van der Waals surface area contributed by atoms with Crippen LogP contribution in [0.2, 0.25) is 0 Å². The number of carbonyl (C=O) groups excluding carboxylic acids is 1. The van der Waals surface area contributed by atoms with Crippen LogP contribution in [0.5, 0.6) is 0 Å². The number of likely N-dealkylation sites (tertiary alicyclic amines) is 1. The molecule has 2 aromatic heterocycles. The second kappa shape index (κ2) is 9.14. The van der Waals surface area contributed by atoms with Gasteiger partial charge in [0.15, 0.2) is 5.13 Å². The minimum Gasteiger partial charge on any atom is -0.373 e. The number of ether oxygens (including phenoxy) is 1. The molecule has 2 atom stereocenters. The van der Waals surface area contributed by atoms with E-state index >= 15 is 0 Å². The second-order valence-electron chi connectivity index (χ2n) is 8.82. The van der Waals surface area contributed by atoms with Crippen LogP contribution in [0, 0.1) is 25.2 Å². The lowest BCUT2D eigenvalue weighted by Gasteiger charge is -2.33. The number of nitrogens with one attached hydrogen (secondary N) is 1. The van der Waals surface area contributed by atoms with Gasteiger partial charge in [-0.05, 0) is 50.7 Å². The fraction of sp³-hybridized carbons (Fsp3) is 0.360. The summed E-state index contributed by atoms with van der Waals surface area (Å²) in [4.78, 5) is 27.4. The van der Waals surface area contributed by atoms with Gasteiger partial charge in [0.2, 0.25) is 0 Å². The third kappa shape index (κ3) is 4.40. The van der Waals surface area contributed by atoms with Crippen molar-refractivity contribution >= 4 is 22.5 Å². The van der Waals surface area contributed by atoms with Gasteiger partial charge in [-0.1, -0.05) is 23.5 Å². The molecule has 2 aliphatic rings. The predicted molar refractivity (Wildman–Crippen MR) is 132 cm³/mol. The number of rotatable bonds is 3. The topological polar surface area (TPSA) is 94.4 Å². The Labute approximate surface area is 202 Å². The van der Waals surface area contributed by atoms with Gasteiger partial charge in [0.1, 0.15) is 0 Å². The normalized spacial score (nSPS) is 20.1. The third-order valence-corrected chi connectivity index (χ3v) is 7.34. The molecule has 1 aromatic carbocycles. The smallest absolute Gasteiger partial charge is 0.323 e. The average molecular weight is 475 g/mol. The van der Waals surface area contributed by atoms with E-state index in [0.29, 0.717) is 30.4 Å². The van der Waals surface area contributed by atoms with Crippen molar-refractivity contribution in [1.82, 2.24) is 19.8 Å². The molecule has 4 heterocycles. The zero-order chi connectivity index (χ0) is 23.8. The van der Waals surface area contributed by atoms with E-state index in [-0.39, 0.29) is 18.2 Å². The molecule has 0 radical (unpaired) electrons. The number of thiazole rings is 1. The van der Waals surface area contributed by atoms with Gasteiger partial charge in [0.25, 0.3) is 0 Å². The number of nitrogens with zero attached hydrogens (tertiary/aromatic N) is 5. The lowest BCUT2D eigenvalue weighted by atomic mass is 10.0. The zero-order valence-electron chi connectivity index (χ0n) is 19.4. The molecule has 2 fully saturated rings. The van der Waals surface area contributed by atoms with Crippen LogP contribution in [-0.4, -0.2) is 71.2 Å². The summed E-state index contributed by atoms with van der Waals surface area (Å²) in [7, 11) is 2.08. The Balaban J connectivity index is 1.47. The number of aromatic nitrogens is 2. The largest absolute Gasteiger partial charge is 0.373 e. The highest BCUT2D eigenvalue weighted by Gasteiger charge is 2.40. The Bertz CT molecular complexity index is 1260. The van der Waals surface area contributed by atoms with E-state index in [4.69, 9.17) is 9.72 Å². The lowest BCUT2D eigenvalue weighted by Crippen LogP contribution is -2.48. The monoisotopic (exact) mass is 474 g/mol. The number of benzene rings is 1. The van der Waals surface area contributed by atoms with Crippen LogP contribution in [0.1, 0.15) is 17.0 Å². The van der Waals surface area contributed by atoms with E-state index in [1.807, 2.05) is 44.2 Å². The third-order valence-electron chi connectivity index (χ3n) is 6.32. The summed E-state index contributed by atoms with van der Waals surface area (Å²) in [6, 6.07) is 13.6. The molecule has 0 aliphatic carbocycles. The Hall–Kier alpha value is -3.32. The van der Waals surface area contributed by atoms with Crippen LogP contribution in [0.25, 0.3) is 21.7 Å². The van der Waals surface area contributed by atoms with Gasteiger partial charge < -0.3 is 9.64 Å². The average Bonchev–Trinajstić information content (AvgIpc) is 3.44. The van der Waals surface area contributed by atoms with Crippen molar-refractivity contribution in [2.24, 2.45) is 0 Å². The molecule has 5 rings (SSSR count). The number of anilines is 1. The quantitative estimate of drug-likeness (QED) is 0.619. The molecule has 8 nitrogen and oxygen atoms in total. The molecule has 2 saturated heterocycles. The molecule has 2 aliphatic heterocycles. The molecule has 174 valence electrons. The molecular weight excluding hydrogens is 448 g/mol. The van der Waals surface area contributed by atoms with E-state index in [2.05, 4.69) is 28.3 Å². The molecule has 1 N–H and O–H groups in total. The van der Waals surface area contributed by atoms with Crippen molar-refractivity contribution in [3.8, 4) is 27.8 Å². The van der Waals surface area contributed by atoms with Gasteiger partial charge in [-0.3, -0.25) is 15.2 Å². The van der Waals surface area contributed by atoms with Crippen molar-refractivity contribution < 1.29 is 9.53 Å². The first-order valence-electron chi connectivity index (χ1n) is 11.3. The Morgan fingerprint density at radius 3 is 2.71 bits per heavy atom. The highest BCUT2D eigenvalue weighted by atomic mass is 32.1. The molecule has 9 heteroatoms. The maximum Gasteiger partial charge on any atom is 0.323 e. The van der Waals surface area contributed by atoms with Gasteiger partial charge in [-0.15, -0.1) is 0 Å². The SMILES string of the molecule is Cc1cc(-c2sc(NC(=O)N3CC4OCCN(C)C4C3)nc2-c2cccc(C#N)c2)cc(C)n1. The zero-order valence-corrected chi connectivity index (χ0v) is 20.2. The molecule has 0 bridgehead atoms. The van der Waals surface area contributed by atoms with Crippen LogP contribution in [0.4, 0.5) is 9.93 Å². The number of hydrogen-bond acceptors (Lipinski definition) is 7. The van der Waals surface area contributed by atoms with Crippen molar-refractivity contribution in [3.63, 3.8) is 0 Å². The fourth-order valence-corrected chi connectivity index (χ4v) is 5.63. The van der Waals surface area contributed by atoms with Crippen LogP contribution < -0.4 is 5.32 Å². The van der Waals surface area contributed by atoms with E-state index in [9.17, 15) is 10.1 Å². The molecule has 34 heavy (non-hydrogen) atoms. The van der Waals surface area contributed by atoms with Gasteiger partial charge in [0.05, 0.1) is 47.5 Å². The number of pyridine rings is 1. The van der Waals surface area contributed by atoms with E-state index in [1.165, 1.54) is 11.3 Å². The Kier molecular flexibility index (Phi) is 6.04. The van der Waals surface area contributed by atoms with E-state index < -0.39 is 0 Å². The Morgan fingerprint density at radius 2 is 1.97 bits per heavy atom. The number of nitriles is 1. The van der Waals surface area contributed by atoms with Crippen LogP contribution in [0.3, 0.4) is 0 Å². The standard InChI is InChI=1S/C25H26N6O2S/c1-15-9-19(10-16(2)27-15)23-22(18-6-4-5-17(11-18)12-26)28-24(34-23)29-25(32)31-13-20-21(14-31)33-8-7-30(20)3/h4-6,9-11,20-21H,7-8,13-14H2,1-3H3,(H,28,29,32). The number of hydrogen-bond donors (Lipinski definition) is 1. The number of aryl methyl sites for hydroxylation is 2. The minimum absolute atomic E-state index is 0.0448. The molecule has 2 amide bonds. The van der Waals surface area contributed by atoms with Crippen molar-refractivity contribution in [1.29, 1.82) is 5.26 Å². The highest BCUT2D eigenvalue weighted by molar-refractivity contribution is 7.19. The molecule has 3 aromatic rings. The van der Waals surface area contributed by atoms with Gasteiger partial charge in [-0.25, -0.2) is 9.78 Å². The Morgan fingerprint density at radius 1 is 1.18 bits per heavy atom. The first-order valence-corrected chi connectivity index (χ1v) is 12.1. The highest BCUT2D eigenvalue weighted by Crippen LogP contribution is 2.40. The summed E-state index contributed by atoms with van der Waals surface area (Å²) in [6.45, 7) is 6.69. The number of fused-ring (bicyclic) bond motifs is 1. The van der Waals surface area contributed by atoms with Gasteiger partial charge in [0, 0.05) is 30.0 Å². The van der Waals surface area contributed by atoms with Crippen LogP contribution in [0.15, 0.2) is 36.4 Å². The maximum absolute atomic E-state index is 13.1.